The van der Waals surface area contributed by atoms with Crippen LogP contribution in [-0.2, 0) is 28.8 Å². The number of aliphatic carboxylic acids is 2. The van der Waals surface area contributed by atoms with Gasteiger partial charge in [0, 0.05) is 13.1 Å². The highest BCUT2D eigenvalue weighted by Gasteiger charge is 2.39. The molecule has 0 radical (unpaired) electrons. The van der Waals surface area contributed by atoms with Crippen molar-refractivity contribution in [3.63, 3.8) is 0 Å². The number of likely N-dealkylation sites (tertiary alicyclic amines) is 1. The first-order chi connectivity index (χ1) is 16.3. The van der Waals surface area contributed by atoms with Crippen LogP contribution < -0.4 is 33.6 Å². The Kier molecular flexibility index (Phi) is 11.4. The number of nitrogens with zero attached hydrogens (tertiary/aromatic N) is 2. The summed E-state index contributed by atoms with van der Waals surface area (Å²) in [6, 6.07) is -5.31. The van der Waals surface area contributed by atoms with Crippen molar-refractivity contribution in [2.45, 2.75) is 62.7 Å². The number of rotatable bonds is 14. The van der Waals surface area contributed by atoms with Crippen LogP contribution in [0.5, 0.6) is 0 Å². The van der Waals surface area contributed by atoms with Gasteiger partial charge in [-0.25, -0.2) is 4.79 Å². The summed E-state index contributed by atoms with van der Waals surface area (Å²) in [6.07, 6.45) is -0.446. The molecule has 0 aliphatic carbocycles. The molecule has 0 aromatic heterocycles. The first-order valence-electron chi connectivity index (χ1n) is 10.8. The minimum Gasteiger partial charge on any atom is -0.481 e. The maximum absolute atomic E-state index is 13.1. The van der Waals surface area contributed by atoms with Crippen LogP contribution >= 0.6 is 0 Å². The molecule has 16 heteroatoms. The molecule has 0 spiro atoms. The van der Waals surface area contributed by atoms with Gasteiger partial charge in [-0.1, -0.05) is 0 Å². The van der Waals surface area contributed by atoms with E-state index in [2.05, 4.69) is 15.6 Å². The number of hydrogen-bond donors (Lipinski definition) is 8. The lowest BCUT2D eigenvalue weighted by Crippen LogP contribution is -2.57. The lowest BCUT2D eigenvalue weighted by atomic mass is 10.1. The van der Waals surface area contributed by atoms with Gasteiger partial charge < -0.3 is 48.7 Å². The molecule has 0 aromatic rings. The molecule has 1 heterocycles. The number of carboxylic acid groups (broad SMARTS) is 2. The van der Waals surface area contributed by atoms with Crippen LogP contribution in [0, 0.1) is 0 Å². The molecule has 4 atom stereocenters. The monoisotopic (exact) mass is 500 g/mol. The number of carbonyl (C=O) groups is 6. The predicted molar refractivity (Wildman–Crippen MR) is 120 cm³/mol. The van der Waals surface area contributed by atoms with Crippen molar-refractivity contribution < 1.29 is 39.0 Å². The third kappa shape index (κ3) is 9.83. The maximum atomic E-state index is 13.1. The Morgan fingerprint density at radius 1 is 1.00 bits per heavy atom. The molecule has 4 unspecified atom stereocenters. The fourth-order valence-electron chi connectivity index (χ4n) is 3.50. The van der Waals surface area contributed by atoms with E-state index >= 15 is 0 Å². The molecule has 1 saturated heterocycles. The van der Waals surface area contributed by atoms with Gasteiger partial charge in [-0.15, -0.1) is 0 Å². The Labute approximate surface area is 200 Å². The van der Waals surface area contributed by atoms with E-state index in [0.717, 1.165) is 4.90 Å². The molecule has 0 aromatic carbocycles. The first kappa shape index (κ1) is 29.1. The number of nitrogens with one attached hydrogen (secondary N) is 2. The molecule has 1 fully saturated rings. The summed E-state index contributed by atoms with van der Waals surface area (Å²) in [6.45, 7) is 0.239. The lowest BCUT2D eigenvalue weighted by Gasteiger charge is -2.29. The number of guanidine groups is 1. The summed E-state index contributed by atoms with van der Waals surface area (Å²) in [7, 11) is 0. The second-order valence-electron chi connectivity index (χ2n) is 7.97. The van der Waals surface area contributed by atoms with Crippen molar-refractivity contribution in [2.75, 3.05) is 13.1 Å². The molecule has 1 aliphatic heterocycles. The van der Waals surface area contributed by atoms with E-state index in [1.807, 2.05) is 0 Å². The fourth-order valence-corrected chi connectivity index (χ4v) is 3.50. The van der Waals surface area contributed by atoms with E-state index < -0.39 is 72.6 Å². The lowest BCUT2D eigenvalue weighted by molar-refractivity contribution is -0.147. The van der Waals surface area contributed by atoms with Gasteiger partial charge >= 0.3 is 11.9 Å². The van der Waals surface area contributed by atoms with Crippen LogP contribution in [0.3, 0.4) is 0 Å². The summed E-state index contributed by atoms with van der Waals surface area (Å²) in [5, 5.41) is 23.1. The Balaban J connectivity index is 2.91. The molecule has 16 nitrogen and oxygen atoms in total. The number of carbonyl (C=O) groups excluding carboxylic acids is 4. The first-order valence-corrected chi connectivity index (χ1v) is 10.8. The summed E-state index contributed by atoms with van der Waals surface area (Å²) in [5.41, 5.74) is 21.0. The molecular weight excluding hydrogens is 468 g/mol. The van der Waals surface area contributed by atoms with E-state index in [1.54, 1.807) is 0 Å². The molecular formula is C19H32N8O8. The molecule has 1 aliphatic rings. The zero-order valence-corrected chi connectivity index (χ0v) is 19.0. The van der Waals surface area contributed by atoms with Crippen LogP contribution in [0.1, 0.15) is 38.5 Å². The molecule has 35 heavy (non-hydrogen) atoms. The summed E-state index contributed by atoms with van der Waals surface area (Å²) in [4.78, 5) is 76.7. The van der Waals surface area contributed by atoms with Crippen LogP contribution in [0.15, 0.2) is 4.99 Å². The molecule has 4 amide bonds. The van der Waals surface area contributed by atoms with Crippen molar-refractivity contribution in [1.29, 1.82) is 0 Å². The highest BCUT2D eigenvalue weighted by Crippen LogP contribution is 2.20. The van der Waals surface area contributed by atoms with Crippen molar-refractivity contribution >= 4 is 41.5 Å². The average molecular weight is 501 g/mol. The minimum absolute atomic E-state index is 0.0218. The Morgan fingerprint density at radius 2 is 1.66 bits per heavy atom. The van der Waals surface area contributed by atoms with Crippen molar-refractivity contribution in [3.05, 3.63) is 0 Å². The highest BCUT2D eigenvalue weighted by atomic mass is 16.4. The zero-order valence-electron chi connectivity index (χ0n) is 19.0. The van der Waals surface area contributed by atoms with Gasteiger partial charge in [0.05, 0.1) is 18.9 Å². The smallest absolute Gasteiger partial charge is 0.326 e. The third-order valence-electron chi connectivity index (χ3n) is 5.15. The van der Waals surface area contributed by atoms with Gasteiger partial charge in [0.15, 0.2) is 5.96 Å². The number of nitrogens with two attached hydrogens (primary N) is 4. The number of amides is 4. The summed E-state index contributed by atoms with van der Waals surface area (Å²) in [5.74, 6) is -6.27. The minimum atomic E-state index is -1.57. The molecule has 0 saturated carbocycles. The van der Waals surface area contributed by atoms with Gasteiger partial charge in [0.2, 0.25) is 23.6 Å². The summed E-state index contributed by atoms with van der Waals surface area (Å²) < 4.78 is 0. The Morgan fingerprint density at radius 3 is 2.20 bits per heavy atom. The van der Waals surface area contributed by atoms with Crippen molar-refractivity contribution in [2.24, 2.45) is 27.9 Å². The molecule has 12 N–H and O–H groups in total. The molecule has 1 rings (SSSR count). The number of primary amides is 1. The molecule has 0 bridgehead atoms. The number of aliphatic imine (C=N–C) groups is 1. The quantitative estimate of drug-likeness (QED) is 0.0642. The van der Waals surface area contributed by atoms with Gasteiger partial charge in [0.25, 0.3) is 0 Å². The highest BCUT2D eigenvalue weighted by molar-refractivity contribution is 5.96. The maximum Gasteiger partial charge on any atom is 0.326 e. The van der Waals surface area contributed by atoms with Crippen LogP contribution in [0.25, 0.3) is 0 Å². The molecule has 196 valence electrons. The fraction of sp³-hybridized carbons (Fsp3) is 0.632. The van der Waals surface area contributed by atoms with Crippen molar-refractivity contribution in [1.82, 2.24) is 15.5 Å². The van der Waals surface area contributed by atoms with Gasteiger partial charge in [-0.2, -0.15) is 0 Å². The third-order valence-corrected chi connectivity index (χ3v) is 5.15. The zero-order chi connectivity index (χ0) is 26.7. The van der Waals surface area contributed by atoms with E-state index in [1.165, 1.54) is 0 Å². The Hall–Kier alpha value is -3.95. The van der Waals surface area contributed by atoms with Gasteiger partial charge in [0.1, 0.15) is 18.1 Å². The van der Waals surface area contributed by atoms with Gasteiger partial charge in [-0.3, -0.25) is 29.0 Å². The van der Waals surface area contributed by atoms with E-state index in [4.69, 9.17) is 28.0 Å². The second kappa shape index (κ2) is 13.7. The standard InChI is InChI=1S/C19H32N8O8/c20-9(7-13(21)28)15(31)26-11(8-14(29)30)17(33)27-6-2-4-12(27)16(32)25-10(18(34)35)3-1-5-24-19(22)23/h9-12H,1-8,20H2,(H2,21,28)(H,25,32)(H,26,31)(H,29,30)(H,34,35)(H4,22,23,24). The van der Waals surface area contributed by atoms with E-state index in [0.29, 0.717) is 6.42 Å². The van der Waals surface area contributed by atoms with Crippen LogP contribution in [0.4, 0.5) is 0 Å². The second-order valence-corrected chi connectivity index (χ2v) is 7.97. The van der Waals surface area contributed by atoms with E-state index in [-0.39, 0.29) is 38.3 Å². The number of hydrogen-bond acceptors (Lipinski definition) is 8. The predicted octanol–water partition coefficient (Wildman–Crippen LogP) is -4.24. The SMILES string of the molecule is NC(=O)CC(N)C(=O)NC(CC(=O)O)C(=O)N1CCCC1C(=O)NC(CCCN=C(N)N)C(=O)O. The largest absolute Gasteiger partial charge is 0.481 e. The van der Waals surface area contributed by atoms with Crippen LogP contribution in [-0.4, -0.2) is 93.9 Å². The van der Waals surface area contributed by atoms with Crippen molar-refractivity contribution in [3.8, 4) is 0 Å². The summed E-state index contributed by atoms with van der Waals surface area (Å²) >= 11 is 0. The topological polar surface area (TPSA) is 287 Å². The normalized spacial score (nSPS) is 17.5. The van der Waals surface area contributed by atoms with E-state index in [9.17, 15) is 33.9 Å². The number of carboxylic acids is 2. The average Bonchev–Trinajstić information content (AvgIpc) is 3.23. The van der Waals surface area contributed by atoms with Crippen LogP contribution in [0.2, 0.25) is 0 Å². The Bertz CT molecular complexity index is 860. The van der Waals surface area contributed by atoms with Gasteiger partial charge in [-0.05, 0) is 25.7 Å².